The SMILES string of the molecule is CCCCCC(=O)c1ccc(OCCCN2CCN(C(=O)CC(C)CNC(=O)O)CC2)cc1. The summed E-state index contributed by atoms with van der Waals surface area (Å²) in [4.78, 5) is 39.3. The van der Waals surface area contributed by atoms with E-state index in [4.69, 9.17) is 9.84 Å². The Morgan fingerprint density at radius 1 is 1.06 bits per heavy atom. The molecule has 2 amide bonds. The number of ketones is 1. The first-order chi connectivity index (χ1) is 15.9. The Balaban J connectivity index is 1.59. The maximum atomic E-state index is 12.4. The van der Waals surface area contributed by atoms with Crippen LogP contribution in [0.25, 0.3) is 0 Å². The second-order valence-corrected chi connectivity index (χ2v) is 8.82. The molecule has 1 fully saturated rings. The predicted molar refractivity (Wildman–Crippen MR) is 128 cm³/mol. The summed E-state index contributed by atoms with van der Waals surface area (Å²) < 4.78 is 5.82. The molecule has 0 aliphatic carbocycles. The monoisotopic (exact) mass is 461 g/mol. The van der Waals surface area contributed by atoms with Crippen molar-refractivity contribution in [2.45, 2.75) is 52.4 Å². The van der Waals surface area contributed by atoms with Gasteiger partial charge < -0.3 is 20.1 Å². The average Bonchev–Trinajstić information content (AvgIpc) is 2.81. The van der Waals surface area contributed by atoms with Gasteiger partial charge in [-0.1, -0.05) is 26.7 Å². The number of piperazine rings is 1. The van der Waals surface area contributed by atoms with Crippen LogP contribution < -0.4 is 10.1 Å². The third-order valence-electron chi connectivity index (χ3n) is 5.92. The normalized spacial score (nSPS) is 15.2. The lowest BCUT2D eigenvalue weighted by molar-refractivity contribution is -0.133. The molecule has 0 spiro atoms. The van der Waals surface area contributed by atoms with Crippen molar-refractivity contribution >= 4 is 17.8 Å². The summed E-state index contributed by atoms with van der Waals surface area (Å²) in [5.74, 6) is 1.04. The highest BCUT2D eigenvalue weighted by Gasteiger charge is 2.22. The Labute approximate surface area is 197 Å². The minimum Gasteiger partial charge on any atom is -0.494 e. The van der Waals surface area contributed by atoms with Crippen LogP contribution in [0.5, 0.6) is 5.75 Å². The number of unbranched alkanes of at least 4 members (excludes halogenated alkanes) is 2. The van der Waals surface area contributed by atoms with Crippen molar-refractivity contribution in [1.29, 1.82) is 0 Å². The number of carboxylic acid groups (broad SMARTS) is 1. The number of nitrogens with one attached hydrogen (secondary N) is 1. The molecule has 0 bridgehead atoms. The molecule has 0 aromatic heterocycles. The van der Waals surface area contributed by atoms with Crippen LogP contribution in [-0.4, -0.2) is 78.6 Å². The van der Waals surface area contributed by atoms with Gasteiger partial charge in [0.15, 0.2) is 5.78 Å². The zero-order valence-electron chi connectivity index (χ0n) is 20.1. The van der Waals surface area contributed by atoms with Crippen LogP contribution >= 0.6 is 0 Å². The first-order valence-electron chi connectivity index (χ1n) is 12.1. The number of benzene rings is 1. The lowest BCUT2D eigenvalue weighted by atomic mass is 10.0. The van der Waals surface area contributed by atoms with Gasteiger partial charge in [0.05, 0.1) is 6.61 Å². The van der Waals surface area contributed by atoms with Gasteiger partial charge in [-0.05, 0) is 43.0 Å². The molecule has 33 heavy (non-hydrogen) atoms. The zero-order chi connectivity index (χ0) is 24.1. The van der Waals surface area contributed by atoms with Crippen molar-refractivity contribution in [1.82, 2.24) is 15.1 Å². The standard InChI is InChI=1S/C25H39N3O5/c1-3-4-5-7-23(29)21-8-10-22(11-9-21)33-17-6-12-27-13-15-28(16-14-27)24(30)18-20(2)19-26-25(31)32/h8-11,20,26H,3-7,12-19H2,1-2H3,(H,31,32). The molecule has 184 valence electrons. The molecule has 1 atom stereocenters. The molecule has 2 rings (SSSR count). The van der Waals surface area contributed by atoms with Crippen LogP contribution in [0.1, 0.15) is 62.7 Å². The molecule has 8 heteroatoms. The van der Waals surface area contributed by atoms with Crippen LogP contribution in [0, 0.1) is 5.92 Å². The second kappa shape index (κ2) is 14.5. The molecule has 1 saturated heterocycles. The third-order valence-corrected chi connectivity index (χ3v) is 5.92. The Morgan fingerprint density at radius 3 is 2.39 bits per heavy atom. The van der Waals surface area contributed by atoms with Crippen LogP contribution in [0.3, 0.4) is 0 Å². The average molecular weight is 462 g/mol. The lowest BCUT2D eigenvalue weighted by Crippen LogP contribution is -2.49. The summed E-state index contributed by atoms with van der Waals surface area (Å²) in [6.45, 7) is 8.89. The van der Waals surface area contributed by atoms with E-state index < -0.39 is 6.09 Å². The number of carbonyl (C=O) groups excluding carboxylic acids is 2. The molecule has 1 unspecified atom stereocenters. The van der Waals surface area contributed by atoms with Gasteiger partial charge >= 0.3 is 6.09 Å². The minimum absolute atomic E-state index is 0.0166. The van der Waals surface area contributed by atoms with Crippen molar-refractivity contribution < 1.29 is 24.2 Å². The molecule has 1 aromatic rings. The van der Waals surface area contributed by atoms with Gasteiger partial charge in [0, 0.05) is 57.7 Å². The van der Waals surface area contributed by atoms with Gasteiger partial charge in [0.2, 0.25) is 5.91 Å². The van der Waals surface area contributed by atoms with E-state index in [9.17, 15) is 14.4 Å². The number of hydrogen-bond acceptors (Lipinski definition) is 5. The van der Waals surface area contributed by atoms with E-state index in [1.807, 2.05) is 36.1 Å². The number of ether oxygens (including phenoxy) is 1. The molecule has 1 aliphatic rings. The molecule has 1 aromatic carbocycles. The maximum Gasteiger partial charge on any atom is 0.404 e. The molecule has 1 heterocycles. The van der Waals surface area contributed by atoms with E-state index in [2.05, 4.69) is 17.1 Å². The summed E-state index contributed by atoms with van der Waals surface area (Å²) in [7, 11) is 0. The number of hydrogen-bond donors (Lipinski definition) is 2. The van der Waals surface area contributed by atoms with Gasteiger partial charge in [0.1, 0.15) is 5.75 Å². The fraction of sp³-hybridized carbons (Fsp3) is 0.640. The molecule has 1 aliphatic heterocycles. The van der Waals surface area contributed by atoms with Crippen LogP contribution in [0.4, 0.5) is 4.79 Å². The summed E-state index contributed by atoms with van der Waals surface area (Å²) >= 11 is 0. The van der Waals surface area contributed by atoms with Gasteiger partial charge in [-0.25, -0.2) is 4.79 Å². The van der Waals surface area contributed by atoms with Crippen LogP contribution in [0.15, 0.2) is 24.3 Å². The van der Waals surface area contributed by atoms with Gasteiger partial charge in [-0.2, -0.15) is 0 Å². The first-order valence-corrected chi connectivity index (χ1v) is 12.1. The molecular weight excluding hydrogens is 422 g/mol. The van der Waals surface area contributed by atoms with Crippen molar-refractivity contribution in [3.8, 4) is 5.75 Å². The quantitative estimate of drug-likeness (QED) is 0.324. The number of nitrogens with zero attached hydrogens (tertiary/aromatic N) is 2. The second-order valence-electron chi connectivity index (χ2n) is 8.82. The zero-order valence-corrected chi connectivity index (χ0v) is 20.1. The van der Waals surface area contributed by atoms with Gasteiger partial charge in [-0.15, -0.1) is 0 Å². The Hall–Kier alpha value is -2.61. The molecular formula is C25H39N3O5. The third kappa shape index (κ3) is 10.2. The van der Waals surface area contributed by atoms with E-state index in [0.717, 1.165) is 56.6 Å². The predicted octanol–water partition coefficient (Wildman–Crippen LogP) is 3.66. The summed E-state index contributed by atoms with van der Waals surface area (Å²) in [5.41, 5.74) is 0.749. The van der Waals surface area contributed by atoms with E-state index in [0.29, 0.717) is 39.1 Å². The highest BCUT2D eigenvalue weighted by Crippen LogP contribution is 2.15. The molecule has 2 N–H and O–H groups in total. The van der Waals surface area contributed by atoms with Gasteiger partial charge in [-0.3, -0.25) is 14.5 Å². The van der Waals surface area contributed by atoms with E-state index >= 15 is 0 Å². The highest BCUT2D eigenvalue weighted by molar-refractivity contribution is 5.96. The minimum atomic E-state index is -1.06. The summed E-state index contributed by atoms with van der Waals surface area (Å²) in [6.07, 6.45) is 3.94. The van der Waals surface area contributed by atoms with Crippen molar-refractivity contribution in [3.05, 3.63) is 29.8 Å². The highest BCUT2D eigenvalue weighted by atomic mass is 16.5. The Morgan fingerprint density at radius 2 is 1.76 bits per heavy atom. The molecule has 0 radical (unpaired) electrons. The molecule has 8 nitrogen and oxygen atoms in total. The van der Waals surface area contributed by atoms with Crippen LogP contribution in [0.2, 0.25) is 0 Å². The lowest BCUT2D eigenvalue weighted by Gasteiger charge is -2.35. The number of rotatable bonds is 14. The topological polar surface area (TPSA) is 99.2 Å². The van der Waals surface area contributed by atoms with Crippen molar-refractivity contribution in [2.75, 3.05) is 45.9 Å². The van der Waals surface area contributed by atoms with Gasteiger partial charge in [0.25, 0.3) is 0 Å². The Kier molecular flexibility index (Phi) is 11.7. The summed E-state index contributed by atoms with van der Waals surface area (Å²) in [5, 5.41) is 11.0. The van der Waals surface area contributed by atoms with Crippen molar-refractivity contribution in [3.63, 3.8) is 0 Å². The van der Waals surface area contributed by atoms with E-state index in [-0.39, 0.29) is 17.6 Å². The fourth-order valence-electron chi connectivity index (χ4n) is 3.88. The number of carbonyl (C=O) groups is 3. The molecule has 0 saturated carbocycles. The largest absolute Gasteiger partial charge is 0.494 e. The smallest absolute Gasteiger partial charge is 0.404 e. The van der Waals surface area contributed by atoms with Crippen LogP contribution in [-0.2, 0) is 4.79 Å². The first kappa shape index (κ1) is 26.6. The van der Waals surface area contributed by atoms with Crippen molar-refractivity contribution in [2.24, 2.45) is 5.92 Å². The van der Waals surface area contributed by atoms with E-state index in [1.54, 1.807) is 0 Å². The van der Waals surface area contributed by atoms with E-state index in [1.165, 1.54) is 0 Å². The summed E-state index contributed by atoms with van der Waals surface area (Å²) in [6, 6.07) is 7.42. The number of amides is 2. The fourth-order valence-corrected chi connectivity index (χ4v) is 3.88. The Bertz CT molecular complexity index is 745. The number of Topliss-reactive ketones (excluding diaryl/α,β-unsaturated/α-hetero) is 1. The maximum absolute atomic E-state index is 12.4.